The van der Waals surface area contributed by atoms with Crippen LogP contribution in [0, 0.1) is 5.41 Å². The zero-order valence-electron chi connectivity index (χ0n) is 11.9. The molecule has 0 atom stereocenters. The van der Waals surface area contributed by atoms with E-state index in [1.54, 1.807) is 29.8 Å². The molecule has 0 bridgehead atoms. The Morgan fingerprint density at radius 2 is 1.78 bits per heavy atom. The molecule has 0 unspecified atom stereocenters. The fraction of sp³-hybridized carbons (Fsp3) is 0. The van der Waals surface area contributed by atoms with Crippen molar-refractivity contribution in [3.63, 3.8) is 0 Å². The second-order valence-electron chi connectivity index (χ2n) is 4.21. The molecule has 23 heavy (non-hydrogen) atoms. The van der Waals surface area contributed by atoms with E-state index in [0.717, 1.165) is 17.1 Å². The predicted octanol–water partition coefficient (Wildman–Crippen LogP) is 5.09. The molecular formula is C15H13N5S3. The second kappa shape index (κ2) is 9.12. The van der Waals surface area contributed by atoms with Gasteiger partial charge in [0, 0.05) is 11.4 Å². The van der Waals surface area contributed by atoms with Gasteiger partial charge < -0.3 is 11.1 Å². The molecule has 0 aliphatic rings. The Bertz CT molecular complexity index is 735. The summed E-state index contributed by atoms with van der Waals surface area (Å²) in [6.07, 6.45) is 0. The third kappa shape index (κ3) is 6.25. The standard InChI is InChI=1S/C15H13N5S3/c16-11-1-3-13(4-2-11)19-10-22-23-15(17)20-14-7-5-12(6-8-14)18-9-21/h1-8,10H,16H2,(H2,17,20). The second-order valence-corrected chi connectivity index (χ2v) is 6.45. The first-order valence-corrected chi connectivity index (χ1v) is 9.04. The molecule has 0 aromatic heterocycles. The van der Waals surface area contributed by atoms with E-state index >= 15 is 0 Å². The first-order chi connectivity index (χ1) is 11.2. The number of benzene rings is 2. The van der Waals surface area contributed by atoms with Crippen LogP contribution in [0.25, 0.3) is 0 Å². The van der Waals surface area contributed by atoms with Crippen molar-refractivity contribution in [1.29, 1.82) is 5.41 Å². The molecule has 0 saturated carbocycles. The number of thiocarbonyl (C=S) groups is 1. The highest BCUT2D eigenvalue weighted by molar-refractivity contribution is 8.86. The van der Waals surface area contributed by atoms with Gasteiger partial charge >= 0.3 is 0 Å². The van der Waals surface area contributed by atoms with Crippen LogP contribution < -0.4 is 11.1 Å². The Balaban J connectivity index is 1.78. The molecule has 2 rings (SSSR count). The SMILES string of the molecule is N=C(Nc1ccc(N=C=S)cc1)SSC=Nc1ccc(N)cc1. The van der Waals surface area contributed by atoms with Gasteiger partial charge in [-0.3, -0.25) is 5.41 Å². The molecule has 0 spiro atoms. The van der Waals surface area contributed by atoms with Gasteiger partial charge in [-0.1, -0.05) is 0 Å². The molecule has 2 aromatic rings. The quantitative estimate of drug-likeness (QED) is 0.227. The van der Waals surface area contributed by atoms with E-state index in [4.69, 9.17) is 11.1 Å². The lowest BCUT2D eigenvalue weighted by Crippen LogP contribution is -2.03. The summed E-state index contributed by atoms with van der Waals surface area (Å²) in [7, 11) is 2.63. The highest BCUT2D eigenvalue weighted by Crippen LogP contribution is 2.24. The molecule has 5 nitrogen and oxygen atoms in total. The van der Waals surface area contributed by atoms with E-state index in [1.807, 2.05) is 24.3 Å². The molecule has 0 fully saturated rings. The first-order valence-electron chi connectivity index (χ1n) is 6.42. The van der Waals surface area contributed by atoms with E-state index < -0.39 is 0 Å². The number of hydrogen-bond donors (Lipinski definition) is 3. The first kappa shape index (κ1) is 17.2. The van der Waals surface area contributed by atoms with Crippen LogP contribution in [0.4, 0.5) is 22.7 Å². The third-order valence-corrected chi connectivity index (χ3v) is 4.26. The number of nitrogens with zero attached hydrogens (tertiary/aromatic N) is 2. The van der Waals surface area contributed by atoms with Gasteiger partial charge in [0.25, 0.3) is 0 Å². The summed E-state index contributed by atoms with van der Waals surface area (Å²) >= 11 is 4.55. The Morgan fingerprint density at radius 3 is 2.43 bits per heavy atom. The number of nitrogens with two attached hydrogens (primary N) is 1. The molecule has 0 radical (unpaired) electrons. The number of rotatable bonds is 5. The van der Waals surface area contributed by atoms with Crippen molar-refractivity contribution in [2.45, 2.75) is 0 Å². The lowest BCUT2D eigenvalue weighted by Gasteiger charge is -2.05. The van der Waals surface area contributed by atoms with Crippen LogP contribution in [-0.4, -0.2) is 15.9 Å². The lowest BCUT2D eigenvalue weighted by molar-refractivity contribution is 1.50. The van der Waals surface area contributed by atoms with Crippen molar-refractivity contribution in [3.05, 3.63) is 48.5 Å². The van der Waals surface area contributed by atoms with Crippen LogP contribution in [0.5, 0.6) is 0 Å². The molecular weight excluding hydrogens is 346 g/mol. The van der Waals surface area contributed by atoms with Crippen molar-refractivity contribution in [3.8, 4) is 0 Å². The fourth-order valence-electron chi connectivity index (χ4n) is 1.54. The van der Waals surface area contributed by atoms with Gasteiger partial charge in [-0.15, -0.1) is 0 Å². The number of anilines is 2. The summed E-state index contributed by atoms with van der Waals surface area (Å²) in [5.41, 5.74) is 10.4. The largest absolute Gasteiger partial charge is 0.399 e. The molecule has 116 valence electrons. The zero-order valence-corrected chi connectivity index (χ0v) is 14.3. The number of aliphatic imine (C=N–C) groups is 2. The molecule has 0 aliphatic carbocycles. The van der Waals surface area contributed by atoms with E-state index in [1.165, 1.54) is 21.6 Å². The van der Waals surface area contributed by atoms with Crippen LogP contribution in [0.3, 0.4) is 0 Å². The Kier molecular flexibility index (Phi) is 6.83. The minimum absolute atomic E-state index is 0.310. The lowest BCUT2D eigenvalue weighted by atomic mass is 10.3. The Labute approximate surface area is 147 Å². The van der Waals surface area contributed by atoms with Crippen LogP contribution in [0.2, 0.25) is 0 Å². The van der Waals surface area contributed by atoms with Crippen molar-refractivity contribution >= 4 is 72.4 Å². The monoisotopic (exact) mass is 359 g/mol. The van der Waals surface area contributed by atoms with Crippen LogP contribution in [0.15, 0.2) is 58.5 Å². The normalized spacial score (nSPS) is 10.3. The molecule has 8 heteroatoms. The summed E-state index contributed by atoms with van der Waals surface area (Å²) < 4.78 is 0. The number of amidine groups is 1. The topological polar surface area (TPSA) is 86.6 Å². The summed E-state index contributed by atoms with van der Waals surface area (Å²) in [6.45, 7) is 0. The summed E-state index contributed by atoms with van der Waals surface area (Å²) in [5.74, 6) is 0. The number of hydrogen-bond acceptors (Lipinski definition) is 7. The van der Waals surface area contributed by atoms with E-state index in [0.29, 0.717) is 10.9 Å². The van der Waals surface area contributed by atoms with Crippen LogP contribution >= 0.6 is 33.8 Å². The molecule has 4 N–H and O–H groups in total. The summed E-state index contributed by atoms with van der Waals surface area (Å²) in [4.78, 5) is 8.14. The van der Waals surface area contributed by atoms with E-state index in [-0.39, 0.29) is 0 Å². The number of isothiocyanates is 1. The Hall–Kier alpha value is -2.12. The third-order valence-electron chi connectivity index (χ3n) is 2.57. The van der Waals surface area contributed by atoms with Gasteiger partial charge in [-0.25, -0.2) is 4.99 Å². The molecule has 0 heterocycles. The zero-order chi connectivity index (χ0) is 16.5. The van der Waals surface area contributed by atoms with E-state index in [9.17, 15) is 0 Å². The predicted molar refractivity (Wildman–Crippen MR) is 107 cm³/mol. The van der Waals surface area contributed by atoms with Crippen LogP contribution in [-0.2, 0) is 0 Å². The molecule has 2 aromatic carbocycles. The van der Waals surface area contributed by atoms with Gasteiger partial charge in [0.05, 0.1) is 22.1 Å². The van der Waals surface area contributed by atoms with Crippen LogP contribution in [0.1, 0.15) is 0 Å². The summed E-state index contributed by atoms with van der Waals surface area (Å²) in [6, 6.07) is 14.5. The van der Waals surface area contributed by atoms with Gasteiger partial charge in [-0.05, 0) is 82.3 Å². The van der Waals surface area contributed by atoms with Gasteiger partial charge in [0.2, 0.25) is 0 Å². The molecule has 0 aliphatic heterocycles. The van der Waals surface area contributed by atoms with Gasteiger partial charge in [0.15, 0.2) is 5.17 Å². The smallest absolute Gasteiger partial charge is 0.169 e. The highest BCUT2D eigenvalue weighted by Gasteiger charge is 1.99. The highest BCUT2D eigenvalue weighted by atomic mass is 33.1. The van der Waals surface area contributed by atoms with E-state index in [2.05, 4.69) is 32.7 Å². The average Bonchev–Trinajstić information content (AvgIpc) is 2.55. The van der Waals surface area contributed by atoms with Crippen molar-refractivity contribution < 1.29 is 0 Å². The minimum Gasteiger partial charge on any atom is -0.399 e. The maximum Gasteiger partial charge on any atom is 0.169 e. The number of nitrogen functional groups attached to an aromatic ring is 1. The van der Waals surface area contributed by atoms with Crippen molar-refractivity contribution in [2.75, 3.05) is 11.1 Å². The van der Waals surface area contributed by atoms with Gasteiger partial charge in [0.1, 0.15) is 0 Å². The average molecular weight is 360 g/mol. The number of nitrogens with one attached hydrogen (secondary N) is 2. The fourth-order valence-corrected chi connectivity index (χ4v) is 2.78. The maximum absolute atomic E-state index is 7.87. The molecule has 0 saturated heterocycles. The van der Waals surface area contributed by atoms with Gasteiger partial charge in [-0.2, -0.15) is 4.99 Å². The molecule has 0 amide bonds. The maximum atomic E-state index is 7.87. The van der Waals surface area contributed by atoms with Crippen molar-refractivity contribution in [1.82, 2.24) is 0 Å². The van der Waals surface area contributed by atoms with Crippen molar-refractivity contribution in [2.24, 2.45) is 9.98 Å². The summed E-state index contributed by atoms with van der Waals surface area (Å²) in [5, 5.41) is 13.5. The Morgan fingerprint density at radius 1 is 1.13 bits per heavy atom. The minimum atomic E-state index is 0.310.